The first-order chi connectivity index (χ1) is 10.2. The van der Waals surface area contributed by atoms with Crippen LogP contribution < -0.4 is 14.8 Å². The van der Waals surface area contributed by atoms with Crippen molar-refractivity contribution >= 4 is 0 Å². The predicted molar refractivity (Wildman–Crippen MR) is 84.2 cm³/mol. The van der Waals surface area contributed by atoms with Crippen molar-refractivity contribution < 1.29 is 14.2 Å². The van der Waals surface area contributed by atoms with Crippen molar-refractivity contribution in [2.75, 3.05) is 26.9 Å². The SMILES string of the molecule is CCCNC(C)c1ccc(OC)cc1OCC1CCCO1. The molecule has 2 atom stereocenters. The van der Waals surface area contributed by atoms with Gasteiger partial charge in [-0.05, 0) is 38.8 Å². The van der Waals surface area contributed by atoms with E-state index in [1.807, 2.05) is 12.1 Å². The third kappa shape index (κ3) is 4.61. The maximum Gasteiger partial charge on any atom is 0.127 e. The fourth-order valence-electron chi connectivity index (χ4n) is 2.55. The molecule has 118 valence electrons. The van der Waals surface area contributed by atoms with Gasteiger partial charge in [0.25, 0.3) is 0 Å². The monoisotopic (exact) mass is 293 g/mol. The Morgan fingerprint density at radius 1 is 1.43 bits per heavy atom. The molecular formula is C17H27NO3. The third-order valence-corrected chi connectivity index (χ3v) is 3.84. The van der Waals surface area contributed by atoms with E-state index in [-0.39, 0.29) is 12.1 Å². The molecule has 0 bridgehead atoms. The van der Waals surface area contributed by atoms with Crippen LogP contribution in [-0.4, -0.2) is 33.0 Å². The Labute approximate surface area is 127 Å². The number of nitrogens with one attached hydrogen (secondary N) is 1. The van der Waals surface area contributed by atoms with Gasteiger partial charge < -0.3 is 19.5 Å². The second kappa shape index (κ2) is 8.25. The van der Waals surface area contributed by atoms with Gasteiger partial charge in [0, 0.05) is 24.3 Å². The first kappa shape index (κ1) is 16.1. The van der Waals surface area contributed by atoms with E-state index in [1.165, 1.54) is 5.56 Å². The van der Waals surface area contributed by atoms with E-state index in [9.17, 15) is 0 Å². The average molecular weight is 293 g/mol. The molecule has 1 fully saturated rings. The summed E-state index contributed by atoms with van der Waals surface area (Å²) in [5.74, 6) is 1.71. The molecule has 1 saturated heterocycles. The van der Waals surface area contributed by atoms with E-state index in [1.54, 1.807) is 7.11 Å². The molecule has 0 aliphatic carbocycles. The van der Waals surface area contributed by atoms with Gasteiger partial charge >= 0.3 is 0 Å². The summed E-state index contributed by atoms with van der Waals surface area (Å²) in [6, 6.07) is 6.29. The molecule has 1 aliphatic rings. The van der Waals surface area contributed by atoms with Crippen molar-refractivity contribution in [1.29, 1.82) is 0 Å². The molecule has 21 heavy (non-hydrogen) atoms. The molecular weight excluding hydrogens is 266 g/mol. The van der Waals surface area contributed by atoms with Gasteiger partial charge in [-0.25, -0.2) is 0 Å². The number of benzene rings is 1. The summed E-state index contributed by atoms with van der Waals surface area (Å²) in [6.45, 7) is 6.80. The summed E-state index contributed by atoms with van der Waals surface area (Å²) >= 11 is 0. The van der Waals surface area contributed by atoms with E-state index in [4.69, 9.17) is 14.2 Å². The van der Waals surface area contributed by atoms with Crippen molar-refractivity contribution in [3.63, 3.8) is 0 Å². The van der Waals surface area contributed by atoms with Crippen molar-refractivity contribution in [2.45, 2.75) is 45.3 Å². The van der Waals surface area contributed by atoms with Crippen molar-refractivity contribution in [2.24, 2.45) is 0 Å². The largest absolute Gasteiger partial charge is 0.497 e. The topological polar surface area (TPSA) is 39.7 Å². The molecule has 4 nitrogen and oxygen atoms in total. The first-order valence-corrected chi connectivity index (χ1v) is 7.90. The van der Waals surface area contributed by atoms with Crippen LogP contribution in [0.3, 0.4) is 0 Å². The van der Waals surface area contributed by atoms with Crippen LogP contribution in [0.1, 0.15) is 44.7 Å². The van der Waals surface area contributed by atoms with Crippen LogP contribution in [0.4, 0.5) is 0 Å². The van der Waals surface area contributed by atoms with Gasteiger partial charge in [0.05, 0.1) is 13.2 Å². The standard InChI is InChI=1S/C17H27NO3/c1-4-9-18-13(2)16-8-7-14(19-3)11-17(16)21-12-15-6-5-10-20-15/h7-8,11,13,15,18H,4-6,9-10,12H2,1-3H3. The number of rotatable bonds is 8. The zero-order valence-electron chi connectivity index (χ0n) is 13.4. The van der Waals surface area contributed by atoms with Crippen molar-refractivity contribution in [1.82, 2.24) is 5.32 Å². The molecule has 1 aliphatic heterocycles. The summed E-state index contributed by atoms with van der Waals surface area (Å²) in [7, 11) is 1.68. The Kier molecular flexibility index (Phi) is 6.33. The summed E-state index contributed by atoms with van der Waals surface area (Å²) in [5, 5.41) is 3.50. The Bertz CT molecular complexity index is 430. The van der Waals surface area contributed by atoms with Crippen LogP contribution in [0.5, 0.6) is 11.5 Å². The van der Waals surface area contributed by atoms with Crippen molar-refractivity contribution in [3.05, 3.63) is 23.8 Å². The minimum Gasteiger partial charge on any atom is -0.497 e. The number of hydrogen-bond donors (Lipinski definition) is 1. The normalized spacial score (nSPS) is 19.5. The lowest BCUT2D eigenvalue weighted by Gasteiger charge is -2.20. The van der Waals surface area contributed by atoms with Crippen molar-refractivity contribution in [3.8, 4) is 11.5 Å². The fraction of sp³-hybridized carbons (Fsp3) is 0.647. The zero-order valence-corrected chi connectivity index (χ0v) is 13.4. The molecule has 1 aromatic rings. The number of hydrogen-bond acceptors (Lipinski definition) is 4. The van der Waals surface area contributed by atoms with Crippen LogP contribution in [-0.2, 0) is 4.74 Å². The van der Waals surface area contributed by atoms with Gasteiger partial charge in [-0.2, -0.15) is 0 Å². The van der Waals surface area contributed by atoms with E-state index in [0.29, 0.717) is 6.61 Å². The maximum atomic E-state index is 6.02. The molecule has 0 amide bonds. The molecule has 2 unspecified atom stereocenters. The predicted octanol–water partition coefficient (Wildman–Crippen LogP) is 3.31. The highest BCUT2D eigenvalue weighted by molar-refractivity contribution is 5.42. The van der Waals surface area contributed by atoms with E-state index in [2.05, 4.69) is 25.2 Å². The highest BCUT2D eigenvalue weighted by Gasteiger charge is 2.18. The maximum absolute atomic E-state index is 6.02. The Balaban J connectivity index is 2.06. The first-order valence-electron chi connectivity index (χ1n) is 7.90. The second-order valence-corrected chi connectivity index (χ2v) is 5.53. The minimum absolute atomic E-state index is 0.225. The lowest BCUT2D eigenvalue weighted by molar-refractivity contribution is 0.0673. The molecule has 4 heteroatoms. The summed E-state index contributed by atoms with van der Waals surface area (Å²) in [4.78, 5) is 0. The minimum atomic E-state index is 0.225. The Morgan fingerprint density at radius 3 is 2.95 bits per heavy atom. The molecule has 1 heterocycles. The molecule has 2 rings (SSSR count). The lowest BCUT2D eigenvalue weighted by Crippen LogP contribution is -2.21. The average Bonchev–Trinajstić information content (AvgIpc) is 3.03. The summed E-state index contributed by atoms with van der Waals surface area (Å²) in [6.07, 6.45) is 3.56. The highest BCUT2D eigenvalue weighted by atomic mass is 16.5. The molecule has 0 saturated carbocycles. The Hall–Kier alpha value is -1.26. The number of ether oxygens (including phenoxy) is 3. The third-order valence-electron chi connectivity index (χ3n) is 3.84. The van der Waals surface area contributed by atoms with Crippen LogP contribution >= 0.6 is 0 Å². The summed E-state index contributed by atoms with van der Waals surface area (Å²) < 4.78 is 17.0. The smallest absolute Gasteiger partial charge is 0.127 e. The van der Waals surface area contributed by atoms with E-state index < -0.39 is 0 Å². The van der Waals surface area contributed by atoms with Crippen LogP contribution in [0, 0.1) is 0 Å². The lowest BCUT2D eigenvalue weighted by atomic mass is 10.1. The summed E-state index contributed by atoms with van der Waals surface area (Å²) in [5.41, 5.74) is 1.17. The van der Waals surface area contributed by atoms with Gasteiger partial charge in [0.1, 0.15) is 18.1 Å². The van der Waals surface area contributed by atoms with Gasteiger partial charge in [0.15, 0.2) is 0 Å². The zero-order chi connectivity index (χ0) is 15.1. The molecule has 0 spiro atoms. The highest BCUT2D eigenvalue weighted by Crippen LogP contribution is 2.30. The molecule has 0 radical (unpaired) electrons. The van der Waals surface area contributed by atoms with E-state index >= 15 is 0 Å². The van der Waals surface area contributed by atoms with Crippen LogP contribution in [0.2, 0.25) is 0 Å². The second-order valence-electron chi connectivity index (χ2n) is 5.53. The van der Waals surface area contributed by atoms with Crippen LogP contribution in [0.15, 0.2) is 18.2 Å². The molecule has 0 aromatic heterocycles. The quantitative estimate of drug-likeness (QED) is 0.798. The van der Waals surface area contributed by atoms with Gasteiger partial charge in [-0.15, -0.1) is 0 Å². The van der Waals surface area contributed by atoms with Gasteiger partial charge in [0.2, 0.25) is 0 Å². The fourth-order valence-corrected chi connectivity index (χ4v) is 2.55. The van der Waals surface area contributed by atoms with Gasteiger partial charge in [-0.3, -0.25) is 0 Å². The number of methoxy groups -OCH3 is 1. The van der Waals surface area contributed by atoms with E-state index in [0.717, 1.165) is 43.9 Å². The molecule has 1 N–H and O–H groups in total. The van der Waals surface area contributed by atoms with Crippen LogP contribution in [0.25, 0.3) is 0 Å². The van der Waals surface area contributed by atoms with Gasteiger partial charge in [-0.1, -0.05) is 13.0 Å². The molecule has 1 aromatic carbocycles. The Morgan fingerprint density at radius 2 is 2.29 bits per heavy atom.